The first-order chi connectivity index (χ1) is 18.5. The molecule has 1 aliphatic rings. The SMILES string of the molecule is O=C(NCC(O)C(O)c1ccc(OCc2ccccc2)cc1O)OCC1c2ccccc2-c2ccccc21. The number of carbonyl (C=O) groups excluding carboxylic acids is 1. The maximum atomic E-state index is 12.4. The topological polar surface area (TPSA) is 108 Å². The Hall–Kier alpha value is -4.33. The van der Waals surface area contributed by atoms with E-state index in [-0.39, 0.29) is 30.4 Å². The van der Waals surface area contributed by atoms with Crippen LogP contribution in [0.25, 0.3) is 11.1 Å². The molecule has 4 N–H and O–H groups in total. The average Bonchev–Trinajstić information content (AvgIpc) is 3.27. The van der Waals surface area contributed by atoms with E-state index in [0.29, 0.717) is 12.4 Å². The van der Waals surface area contributed by atoms with Crippen LogP contribution >= 0.6 is 0 Å². The zero-order chi connectivity index (χ0) is 26.5. The van der Waals surface area contributed by atoms with Crippen molar-refractivity contribution >= 4 is 6.09 Å². The van der Waals surface area contributed by atoms with Gasteiger partial charge in [-0.15, -0.1) is 0 Å². The number of phenolic OH excluding ortho intramolecular Hbond substituents is 1. The molecule has 4 aromatic carbocycles. The highest BCUT2D eigenvalue weighted by Gasteiger charge is 2.29. The predicted molar refractivity (Wildman–Crippen MR) is 143 cm³/mol. The number of hydrogen-bond donors (Lipinski definition) is 4. The van der Waals surface area contributed by atoms with Gasteiger partial charge in [-0.05, 0) is 39.9 Å². The zero-order valence-electron chi connectivity index (χ0n) is 20.7. The van der Waals surface area contributed by atoms with Crippen LogP contribution in [0.4, 0.5) is 4.79 Å². The Kier molecular flexibility index (Phi) is 7.58. The van der Waals surface area contributed by atoms with E-state index in [1.54, 1.807) is 6.07 Å². The lowest BCUT2D eigenvalue weighted by Gasteiger charge is -2.20. The lowest BCUT2D eigenvalue weighted by molar-refractivity contribution is 0.0172. The lowest BCUT2D eigenvalue weighted by Crippen LogP contribution is -2.36. The standard InChI is InChI=1S/C31H29NO6/c33-28-16-21(37-18-20-8-2-1-3-9-20)14-15-26(28)30(35)29(34)17-32-31(36)38-19-27-24-12-6-4-10-22(24)23-11-5-7-13-25(23)27/h1-16,27,29-30,33-35H,17-19H2,(H,32,36). The van der Waals surface area contributed by atoms with Crippen LogP contribution in [0.15, 0.2) is 97.1 Å². The second-order valence-corrected chi connectivity index (χ2v) is 9.21. The molecule has 7 nitrogen and oxygen atoms in total. The van der Waals surface area contributed by atoms with Crippen LogP contribution in [-0.2, 0) is 11.3 Å². The Labute approximate surface area is 220 Å². The minimum Gasteiger partial charge on any atom is -0.507 e. The number of phenols is 1. The molecule has 0 spiro atoms. The van der Waals surface area contributed by atoms with Crippen molar-refractivity contribution in [2.24, 2.45) is 0 Å². The summed E-state index contributed by atoms with van der Waals surface area (Å²) in [5, 5.41) is 33.9. The van der Waals surface area contributed by atoms with Crippen LogP contribution in [0.3, 0.4) is 0 Å². The number of aromatic hydroxyl groups is 1. The van der Waals surface area contributed by atoms with Crippen molar-refractivity contribution in [3.63, 3.8) is 0 Å². The number of carbonyl (C=O) groups is 1. The van der Waals surface area contributed by atoms with Crippen LogP contribution in [-0.4, -0.2) is 40.7 Å². The number of ether oxygens (including phenoxy) is 2. The van der Waals surface area contributed by atoms with Gasteiger partial charge in [-0.3, -0.25) is 0 Å². The number of amides is 1. The number of fused-ring (bicyclic) bond motifs is 3. The first-order valence-corrected chi connectivity index (χ1v) is 12.5. The van der Waals surface area contributed by atoms with Crippen molar-refractivity contribution in [2.75, 3.05) is 13.2 Å². The number of hydrogen-bond acceptors (Lipinski definition) is 6. The summed E-state index contributed by atoms with van der Waals surface area (Å²) >= 11 is 0. The highest BCUT2D eigenvalue weighted by molar-refractivity contribution is 5.79. The number of benzene rings is 4. The van der Waals surface area contributed by atoms with Gasteiger partial charge in [-0.25, -0.2) is 4.79 Å². The minimum atomic E-state index is -1.42. The van der Waals surface area contributed by atoms with Gasteiger partial charge in [-0.1, -0.05) is 78.9 Å². The molecule has 1 aliphatic carbocycles. The molecular formula is C31H29NO6. The third kappa shape index (κ3) is 5.49. The molecule has 0 radical (unpaired) electrons. The summed E-state index contributed by atoms with van der Waals surface area (Å²) in [6.07, 6.45) is -3.49. The zero-order valence-corrected chi connectivity index (χ0v) is 20.7. The average molecular weight is 512 g/mol. The van der Waals surface area contributed by atoms with Crippen molar-refractivity contribution in [1.29, 1.82) is 0 Å². The van der Waals surface area contributed by atoms with Gasteiger partial charge in [0.25, 0.3) is 0 Å². The Morgan fingerprint density at radius 3 is 2.13 bits per heavy atom. The van der Waals surface area contributed by atoms with Gasteiger partial charge in [0.15, 0.2) is 0 Å². The van der Waals surface area contributed by atoms with E-state index in [1.807, 2.05) is 66.7 Å². The quantitative estimate of drug-likeness (QED) is 0.255. The van der Waals surface area contributed by atoms with Crippen molar-refractivity contribution in [3.8, 4) is 22.6 Å². The molecule has 194 valence electrons. The summed E-state index contributed by atoms with van der Waals surface area (Å²) in [5.74, 6) is 0.125. The van der Waals surface area contributed by atoms with Crippen molar-refractivity contribution in [2.45, 2.75) is 24.7 Å². The molecule has 0 fully saturated rings. The number of rotatable bonds is 9. The third-order valence-electron chi connectivity index (χ3n) is 6.73. The van der Waals surface area contributed by atoms with Crippen molar-refractivity contribution in [1.82, 2.24) is 5.32 Å². The molecule has 0 heterocycles. The van der Waals surface area contributed by atoms with E-state index in [1.165, 1.54) is 12.1 Å². The van der Waals surface area contributed by atoms with E-state index >= 15 is 0 Å². The smallest absolute Gasteiger partial charge is 0.407 e. The Balaban J connectivity index is 1.13. The van der Waals surface area contributed by atoms with E-state index in [4.69, 9.17) is 9.47 Å². The summed E-state index contributed by atoms with van der Waals surface area (Å²) in [7, 11) is 0. The monoisotopic (exact) mass is 511 g/mol. The van der Waals surface area contributed by atoms with Gasteiger partial charge in [0.05, 0.1) is 0 Å². The van der Waals surface area contributed by atoms with Gasteiger partial charge in [0.2, 0.25) is 0 Å². The van der Waals surface area contributed by atoms with Crippen LogP contribution in [0.5, 0.6) is 11.5 Å². The first-order valence-electron chi connectivity index (χ1n) is 12.5. The summed E-state index contributed by atoms with van der Waals surface area (Å²) in [5.41, 5.74) is 5.57. The fourth-order valence-corrected chi connectivity index (χ4v) is 4.76. The summed E-state index contributed by atoms with van der Waals surface area (Å²) in [6, 6.07) is 30.2. The Morgan fingerprint density at radius 1 is 0.842 bits per heavy atom. The van der Waals surface area contributed by atoms with Crippen LogP contribution in [0, 0.1) is 0 Å². The molecule has 1 amide bonds. The van der Waals surface area contributed by atoms with E-state index < -0.39 is 18.3 Å². The molecule has 0 aliphatic heterocycles. The normalized spacial score (nSPS) is 13.7. The van der Waals surface area contributed by atoms with Crippen LogP contribution in [0.1, 0.15) is 34.3 Å². The largest absolute Gasteiger partial charge is 0.507 e. The van der Waals surface area contributed by atoms with E-state index in [2.05, 4.69) is 17.4 Å². The van der Waals surface area contributed by atoms with Gasteiger partial charge >= 0.3 is 6.09 Å². The van der Waals surface area contributed by atoms with Gasteiger partial charge in [0.1, 0.15) is 36.9 Å². The van der Waals surface area contributed by atoms with Crippen LogP contribution in [0.2, 0.25) is 0 Å². The molecule has 0 bridgehead atoms. The molecule has 38 heavy (non-hydrogen) atoms. The third-order valence-corrected chi connectivity index (χ3v) is 6.73. The fourth-order valence-electron chi connectivity index (χ4n) is 4.76. The van der Waals surface area contributed by atoms with Gasteiger partial charge in [0, 0.05) is 24.1 Å². The van der Waals surface area contributed by atoms with Crippen molar-refractivity contribution in [3.05, 3.63) is 119 Å². The second-order valence-electron chi connectivity index (χ2n) is 9.21. The summed E-state index contributed by atoms with van der Waals surface area (Å²) < 4.78 is 11.2. The number of aliphatic hydroxyl groups excluding tert-OH is 2. The molecule has 2 atom stereocenters. The minimum absolute atomic E-state index is 0.0803. The maximum Gasteiger partial charge on any atom is 0.407 e. The molecule has 5 rings (SSSR count). The number of nitrogens with one attached hydrogen (secondary N) is 1. The Bertz CT molecular complexity index is 1360. The predicted octanol–water partition coefficient (Wildman–Crippen LogP) is 4.90. The molecule has 0 saturated carbocycles. The second kappa shape index (κ2) is 11.4. The molecule has 0 aromatic heterocycles. The van der Waals surface area contributed by atoms with Crippen LogP contribution < -0.4 is 10.1 Å². The number of alkyl carbamates (subject to hydrolysis) is 1. The first kappa shape index (κ1) is 25.3. The molecule has 4 aromatic rings. The molecule has 0 saturated heterocycles. The van der Waals surface area contributed by atoms with E-state index in [9.17, 15) is 20.1 Å². The molecule has 7 heteroatoms. The molecular weight excluding hydrogens is 482 g/mol. The fraction of sp³-hybridized carbons (Fsp3) is 0.194. The van der Waals surface area contributed by atoms with Crippen molar-refractivity contribution < 1.29 is 29.6 Å². The number of aliphatic hydroxyl groups is 2. The van der Waals surface area contributed by atoms with Gasteiger partial charge in [-0.2, -0.15) is 0 Å². The van der Waals surface area contributed by atoms with Gasteiger partial charge < -0.3 is 30.1 Å². The summed E-state index contributed by atoms with van der Waals surface area (Å²) in [4.78, 5) is 12.4. The summed E-state index contributed by atoms with van der Waals surface area (Å²) in [6.45, 7) is 0.210. The highest BCUT2D eigenvalue weighted by Crippen LogP contribution is 2.44. The van der Waals surface area contributed by atoms with E-state index in [0.717, 1.165) is 27.8 Å². The maximum absolute atomic E-state index is 12.4. The Morgan fingerprint density at radius 2 is 1.47 bits per heavy atom. The lowest BCUT2D eigenvalue weighted by atomic mass is 9.98. The molecule has 2 unspecified atom stereocenters. The highest BCUT2D eigenvalue weighted by atomic mass is 16.5.